The molecule has 0 aromatic heterocycles. The zero-order valence-electron chi connectivity index (χ0n) is 10.3. The zero-order chi connectivity index (χ0) is 15.6. The van der Waals surface area contributed by atoms with Crippen LogP contribution in [0.25, 0.3) is 0 Å². The molecule has 1 saturated carbocycles. The normalized spacial score (nSPS) is 23.4. The van der Waals surface area contributed by atoms with Crippen LogP contribution >= 0.6 is 7.60 Å². The van der Waals surface area contributed by atoms with E-state index in [1.807, 2.05) is 0 Å². The maximum Gasteiger partial charge on any atom is 0.415 e. The van der Waals surface area contributed by atoms with Crippen LogP contribution in [0.2, 0.25) is 0 Å². The van der Waals surface area contributed by atoms with Crippen molar-refractivity contribution in [3.8, 4) is 0 Å². The lowest BCUT2D eigenvalue weighted by Gasteiger charge is -2.36. The Morgan fingerprint density at radius 2 is 1.60 bits per heavy atom. The second-order valence-electron chi connectivity index (χ2n) is 4.85. The minimum atomic E-state index is -5.63. The van der Waals surface area contributed by atoms with E-state index in [0.717, 1.165) is 6.42 Å². The summed E-state index contributed by atoms with van der Waals surface area (Å²) in [6, 6.07) is 0. The van der Waals surface area contributed by atoms with Crippen LogP contribution in [-0.4, -0.2) is 24.6 Å². The fourth-order valence-electron chi connectivity index (χ4n) is 2.28. The molecule has 0 aromatic rings. The summed E-state index contributed by atoms with van der Waals surface area (Å²) in [5.74, 6) is -1.11. The maximum absolute atomic E-state index is 12.8. The van der Waals surface area contributed by atoms with Crippen molar-refractivity contribution in [3.05, 3.63) is 0 Å². The molecule has 2 unspecified atom stereocenters. The number of halogens is 6. The van der Waals surface area contributed by atoms with E-state index in [1.54, 1.807) is 0 Å². The first-order chi connectivity index (χ1) is 8.91. The highest BCUT2D eigenvalue weighted by Gasteiger charge is 2.48. The predicted octanol–water partition coefficient (Wildman–Crippen LogP) is 3.63. The Hall–Kier alpha value is -0.270. The first kappa shape index (κ1) is 17.8. The van der Waals surface area contributed by atoms with Gasteiger partial charge in [0, 0.05) is 0 Å². The molecule has 20 heavy (non-hydrogen) atoms. The van der Waals surface area contributed by atoms with Crippen molar-refractivity contribution >= 4 is 7.60 Å². The Kier molecular flexibility index (Phi) is 5.54. The predicted molar refractivity (Wildman–Crippen MR) is 56.0 cm³/mol. The van der Waals surface area contributed by atoms with E-state index in [9.17, 15) is 35.8 Å². The Morgan fingerprint density at radius 1 is 1.10 bits per heavy atom. The van der Waals surface area contributed by atoms with E-state index in [-0.39, 0.29) is 12.8 Å². The second-order valence-corrected chi connectivity index (χ2v) is 6.60. The van der Waals surface area contributed by atoms with Gasteiger partial charge in [0.1, 0.15) is 13.8 Å². The minimum Gasteiger partial charge on any atom is -0.778 e. The van der Waals surface area contributed by atoms with Gasteiger partial charge in [-0.25, -0.2) is 0 Å². The molecule has 0 spiro atoms. The van der Waals surface area contributed by atoms with E-state index in [4.69, 9.17) is 0 Å². The average molecular weight is 327 g/mol. The van der Waals surface area contributed by atoms with Gasteiger partial charge in [0.05, 0.1) is 0 Å². The fraction of sp³-hybridized carbons (Fsp3) is 1.00. The summed E-state index contributed by atoms with van der Waals surface area (Å²) in [5, 5.41) is 0. The molecule has 0 N–H and O–H groups in total. The molecule has 10 heteroatoms. The molecule has 0 amide bonds. The van der Waals surface area contributed by atoms with Crippen LogP contribution in [0.5, 0.6) is 0 Å². The van der Waals surface area contributed by atoms with Crippen molar-refractivity contribution in [2.24, 2.45) is 5.92 Å². The third-order valence-electron chi connectivity index (χ3n) is 3.05. The third-order valence-corrected chi connectivity index (χ3v) is 4.34. The zero-order valence-corrected chi connectivity index (χ0v) is 11.2. The van der Waals surface area contributed by atoms with E-state index in [1.165, 1.54) is 0 Å². The summed E-state index contributed by atoms with van der Waals surface area (Å²) >= 11 is 0. The Bertz CT molecular complexity index is 361. The van der Waals surface area contributed by atoms with Crippen LogP contribution in [0.1, 0.15) is 32.1 Å². The largest absolute Gasteiger partial charge is 0.778 e. The van der Waals surface area contributed by atoms with Gasteiger partial charge in [-0.2, -0.15) is 26.3 Å². The molecular formula is C10H14F6O3P-. The third kappa shape index (κ3) is 6.01. The Labute approximate surface area is 111 Å². The van der Waals surface area contributed by atoms with Gasteiger partial charge in [0.2, 0.25) is 0 Å². The molecule has 3 nitrogen and oxygen atoms in total. The van der Waals surface area contributed by atoms with Crippen molar-refractivity contribution in [2.75, 3.05) is 6.16 Å². The van der Waals surface area contributed by atoms with Crippen LogP contribution < -0.4 is 4.89 Å². The summed E-state index contributed by atoms with van der Waals surface area (Å²) in [6.45, 7) is 0. The summed E-state index contributed by atoms with van der Waals surface area (Å²) < 4.78 is 89.4. The summed E-state index contributed by atoms with van der Waals surface area (Å²) in [7, 11) is -5.63. The lowest BCUT2D eigenvalue weighted by atomic mass is 9.85. The molecule has 1 aliphatic rings. The second kappa shape index (κ2) is 6.23. The van der Waals surface area contributed by atoms with Gasteiger partial charge in [0.25, 0.3) is 0 Å². The van der Waals surface area contributed by atoms with Crippen LogP contribution in [-0.2, 0) is 9.09 Å². The van der Waals surface area contributed by atoms with Crippen LogP contribution in [0, 0.1) is 5.92 Å². The molecule has 1 aliphatic carbocycles. The van der Waals surface area contributed by atoms with E-state index >= 15 is 0 Å². The molecule has 0 heterocycles. The quantitative estimate of drug-likeness (QED) is 0.585. The van der Waals surface area contributed by atoms with Crippen molar-refractivity contribution in [1.82, 2.24) is 0 Å². The minimum absolute atomic E-state index is 0.0934. The molecule has 1 rings (SSSR count). The summed E-state index contributed by atoms with van der Waals surface area (Å²) in [4.78, 5) is 11.1. The monoisotopic (exact) mass is 327 g/mol. The number of rotatable bonds is 4. The lowest BCUT2D eigenvalue weighted by molar-refractivity contribution is -0.253. The van der Waals surface area contributed by atoms with Crippen LogP contribution in [0.15, 0.2) is 0 Å². The van der Waals surface area contributed by atoms with Crippen molar-refractivity contribution in [1.29, 1.82) is 0 Å². The highest BCUT2D eigenvalue weighted by molar-refractivity contribution is 7.51. The standard InChI is InChI=1S/C10H15F6O3P/c11-9(12,13)6-20(17,18)19-8(10(14,15)16)7-4-2-1-3-5-7/h7-8H,1-6H2,(H,17,18)/p-1. The first-order valence-corrected chi connectivity index (χ1v) is 7.75. The molecule has 1 fully saturated rings. The van der Waals surface area contributed by atoms with Gasteiger partial charge in [-0.3, -0.25) is 0 Å². The van der Waals surface area contributed by atoms with Gasteiger partial charge in [-0.15, -0.1) is 0 Å². The number of hydrogen-bond acceptors (Lipinski definition) is 3. The van der Waals surface area contributed by atoms with Gasteiger partial charge in [-0.05, 0) is 18.8 Å². The fourth-order valence-corrected chi connectivity index (χ4v) is 3.43. The van der Waals surface area contributed by atoms with Crippen molar-refractivity contribution in [2.45, 2.75) is 50.6 Å². The highest BCUT2D eigenvalue weighted by atomic mass is 31.2. The topological polar surface area (TPSA) is 49.4 Å². The SMILES string of the molecule is O=P([O-])(CC(F)(F)F)OC(C1CCCCC1)C(F)(F)F. The molecule has 2 atom stereocenters. The Morgan fingerprint density at radius 3 is 2.00 bits per heavy atom. The van der Waals surface area contributed by atoms with E-state index < -0.39 is 38.1 Å². The molecule has 0 bridgehead atoms. The molecule has 0 saturated heterocycles. The van der Waals surface area contributed by atoms with Gasteiger partial charge in [-0.1, -0.05) is 19.3 Å². The summed E-state index contributed by atoms with van der Waals surface area (Å²) in [5.41, 5.74) is 0. The Balaban J connectivity index is 2.82. The molecule has 120 valence electrons. The van der Waals surface area contributed by atoms with Gasteiger partial charge >= 0.3 is 12.4 Å². The van der Waals surface area contributed by atoms with Crippen LogP contribution in [0.4, 0.5) is 26.3 Å². The van der Waals surface area contributed by atoms with E-state index in [2.05, 4.69) is 4.52 Å². The number of alkyl halides is 6. The van der Waals surface area contributed by atoms with Gasteiger partial charge in [0.15, 0.2) is 6.10 Å². The van der Waals surface area contributed by atoms with Gasteiger partial charge < -0.3 is 14.0 Å². The van der Waals surface area contributed by atoms with Crippen molar-refractivity contribution in [3.63, 3.8) is 0 Å². The van der Waals surface area contributed by atoms with Crippen molar-refractivity contribution < 1.29 is 40.3 Å². The highest BCUT2D eigenvalue weighted by Crippen LogP contribution is 2.49. The average Bonchev–Trinajstić information content (AvgIpc) is 2.22. The first-order valence-electron chi connectivity index (χ1n) is 6.03. The molecule has 0 aromatic carbocycles. The smallest absolute Gasteiger partial charge is 0.415 e. The van der Waals surface area contributed by atoms with Crippen LogP contribution in [0.3, 0.4) is 0 Å². The van der Waals surface area contributed by atoms with E-state index in [0.29, 0.717) is 12.8 Å². The lowest BCUT2D eigenvalue weighted by Crippen LogP contribution is -2.40. The number of hydrogen-bond donors (Lipinski definition) is 0. The maximum atomic E-state index is 12.8. The molecule has 0 aliphatic heterocycles. The molecular weight excluding hydrogens is 313 g/mol. The summed E-state index contributed by atoms with van der Waals surface area (Å²) in [6.07, 6.45) is -13.3. The molecule has 0 radical (unpaired) electrons.